The Bertz CT molecular complexity index is 1030. The van der Waals surface area contributed by atoms with Gasteiger partial charge in [0.05, 0.1) is 46.8 Å². The highest BCUT2D eigenvalue weighted by Crippen LogP contribution is 2.42. The first-order chi connectivity index (χ1) is 12.6. The van der Waals surface area contributed by atoms with Gasteiger partial charge in [-0.15, -0.1) is 0 Å². The molecule has 5 rings (SSSR count). The van der Waals surface area contributed by atoms with E-state index in [0.29, 0.717) is 0 Å². The topological polar surface area (TPSA) is 21.8 Å². The lowest BCUT2D eigenvalue weighted by Crippen LogP contribution is -3.00. The van der Waals surface area contributed by atoms with Gasteiger partial charge in [-0.2, -0.15) is 4.57 Å². The van der Waals surface area contributed by atoms with Crippen LogP contribution in [0.2, 0.25) is 0 Å². The monoisotopic (exact) mass is 418 g/mol. The Balaban J connectivity index is 0.00000112. The van der Waals surface area contributed by atoms with Crippen molar-refractivity contribution in [2.24, 2.45) is 0 Å². The van der Waals surface area contributed by atoms with Gasteiger partial charge in [-0.05, 0) is 24.3 Å². The zero-order valence-electron chi connectivity index (χ0n) is 16.4. The lowest BCUT2D eigenvalue weighted by Gasteiger charge is -2.21. The molecule has 0 spiro atoms. The van der Waals surface area contributed by atoms with Gasteiger partial charge in [-0.1, -0.05) is 12.1 Å². The summed E-state index contributed by atoms with van der Waals surface area (Å²) in [5.41, 5.74) is 2.57. The van der Waals surface area contributed by atoms with Crippen LogP contribution in [0.15, 0.2) is 55.0 Å². The molecule has 0 bridgehead atoms. The minimum absolute atomic E-state index is 0. The minimum atomic E-state index is 0. The number of pyridine rings is 1. The maximum absolute atomic E-state index is 2.40. The Morgan fingerprint density at radius 2 is 1.79 bits per heavy atom. The fourth-order valence-corrected chi connectivity index (χ4v) is 4.49. The van der Waals surface area contributed by atoms with E-state index in [1.54, 1.807) is 0 Å². The molecule has 148 valence electrons. The van der Waals surface area contributed by atoms with Crippen LogP contribution in [0.4, 0.5) is 5.95 Å². The van der Waals surface area contributed by atoms with Crippen molar-refractivity contribution < 1.29 is 33.8 Å². The molecule has 1 fully saturated rings. The van der Waals surface area contributed by atoms with E-state index in [-0.39, 0.29) is 36.9 Å². The molecule has 1 saturated heterocycles. The van der Waals surface area contributed by atoms with Crippen LogP contribution < -0.4 is 34.1 Å². The van der Waals surface area contributed by atoms with Crippen molar-refractivity contribution in [2.45, 2.75) is 12.1 Å². The summed E-state index contributed by atoms with van der Waals surface area (Å²) in [7, 11) is 8.43. The molecule has 3 aliphatic rings. The molecule has 0 aromatic carbocycles. The minimum Gasteiger partial charge on any atom is -1.00 e. The van der Waals surface area contributed by atoms with Crippen molar-refractivity contribution in [1.29, 1.82) is 0 Å². The van der Waals surface area contributed by atoms with E-state index in [0.717, 1.165) is 5.95 Å². The van der Waals surface area contributed by atoms with E-state index in [9.17, 15) is 0 Å². The highest BCUT2D eigenvalue weighted by Gasteiger charge is 2.55. The Hall–Kier alpha value is -2.44. The number of hydrogen-bond donors (Lipinski definition) is 0. The van der Waals surface area contributed by atoms with Gasteiger partial charge in [0.15, 0.2) is 11.7 Å². The van der Waals surface area contributed by atoms with Gasteiger partial charge in [0.1, 0.15) is 17.8 Å². The molecular weight excluding hydrogens is 395 g/mol. The van der Waals surface area contributed by atoms with Gasteiger partial charge in [-0.3, -0.25) is 9.48 Å². The van der Waals surface area contributed by atoms with Crippen molar-refractivity contribution in [3.8, 4) is 0 Å². The van der Waals surface area contributed by atoms with Gasteiger partial charge in [0.2, 0.25) is 0 Å². The zero-order chi connectivity index (χ0) is 18.0. The van der Waals surface area contributed by atoms with Crippen LogP contribution in [-0.2, 0) is 0 Å². The normalized spacial score (nSPS) is 21.1. The summed E-state index contributed by atoms with van der Waals surface area (Å²) >= 11 is 0. The molecule has 28 heavy (non-hydrogen) atoms. The van der Waals surface area contributed by atoms with Crippen molar-refractivity contribution in [2.75, 3.05) is 33.1 Å². The summed E-state index contributed by atoms with van der Waals surface area (Å²) in [6, 6.07) is 6.93. The molecule has 8 heteroatoms. The van der Waals surface area contributed by atoms with Crippen LogP contribution in [0.25, 0.3) is 11.7 Å². The number of guanidine groups is 1. The molecule has 2 atom stereocenters. The predicted molar refractivity (Wildman–Crippen MR) is 103 cm³/mol. The molecule has 2 aromatic heterocycles. The highest BCUT2D eigenvalue weighted by atomic mass is 35.5. The molecule has 6 nitrogen and oxygen atoms in total. The molecule has 0 N–H and O–H groups in total. The molecule has 0 aliphatic carbocycles. The first kappa shape index (κ1) is 20.3. The maximum atomic E-state index is 2.40. The third kappa shape index (κ3) is 2.55. The number of hydrogen-bond acceptors (Lipinski definition) is 1. The quantitative estimate of drug-likeness (QED) is 0.435. The number of halogens is 2. The Morgan fingerprint density at radius 1 is 1.00 bits per heavy atom. The fraction of sp³-hybridized carbons (Fsp3) is 0.300. The summed E-state index contributed by atoms with van der Waals surface area (Å²) in [4.78, 5) is 6.94. The van der Waals surface area contributed by atoms with Crippen LogP contribution in [0.5, 0.6) is 0 Å². The molecule has 2 aromatic rings. The molecule has 0 saturated carbocycles. The Kier molecular flexibility index (Phi) is 5.21. The van der Waals surface area contributed by atoms with E-state index in [1.807, 2.05) is 0 Å². The summed E-state index contributed by atoms with van der Waals surface area (Å²) in [6.45, 7) is 0. The smallest absolute Gasteiger partial charge is 0.369 e. The molecule has 3 aliphatic heterocycles. The van der Waals surface area contributed by atoms with Gasteiger partial charge in [-0.25, -0.2) is 14.2 Å². The van der Waals surface area contributed by atoms with Gasteiger partial charge in [0, 0.05) is 0 Å². The number of imidazole rings is 1. The number of anilines is 1. The van der Waals surface area contributed by atoms with Crippen LogP contribution in [0.3, 0.4) is 0 Å². The summed E-state index contributed by atoms with van der Waals surface area (Å²) in [5.74, 6) is 2.36. The lowest BCUT2D eigenvalue weighted by atomic mass is 10.0. The van der Waals surface area contributed by atoms with Gasteiger partial charge in [0.25, 0.3) is 0 Å². The SMILES string of the molecule is CN(C)c1n2c(c3cccc[n+]13)C1C3C=CC=CN3C(=[N+](C)C)N1C=C2.[Cl-].[Cl-]. The Morgan fingerprint density at radius 3 is 2.50 bits per heavy atom. The number of aromatic nitrogens is 2. The third-order valence-electron chi connectivity index (χ3n) is 5.34. The molecule has 5 heterocycles. The van der Waals surface area contributed by atoms with Gasteiger partial charge >= 0.3 is 11.9 Å². The van der Waals surface area contributed by atoms with Crippen molar-refractivity contribution in [3.05, 3.63) is 60.7 Å². The number of fused-ring (bicyclic) bond motifs is 7. The van der Waals surface area contributed by atoms with E-state index in [4.69, 9.17) is 0 Å². The number of allylic oxidation sites excluding steroid dienone is 2. The lowest BCUT2D eigenvalue weighted by molar-refractivity contribution is -0.497. The van der Waals surface area contributed by atoms with Crippen molar-refractivity contribution >= 4 is 23.6 Å². The standard InChI is InChI=1S/C20H24N6.2ClH/c1-21(2)19-23-11-7-5-9-15(23)17-18-16-10-6-8-12-24(16)20(22(3)4)26(18)14-13-25(17)19;;/h5-15,17H,1-4H3;2*1H/q+2;;/p-2. The average molecular weight is 419 g/mol. The molecule has 0 amide bonds. The van der Waals surface area contributed by atoms with E-state index >= 15 is 0 Å². The first-order valence-electron chi connectivity index (χ1n) is 8.95. The van der Waals surface area contributed by atoms with E-state index in [2.05, 4.69) is 118 Å². The van der Waals surface area contributed by atoms with Crippen LogP contribution in [0.1, 0.15) is 11.7 Å². The molecular formula is C20H24Cl2N6. The highest BCUT2D eigenvalue weighted by molar-refractivity contribution is 5.84. The third-order valence-corrected chi connectivity index (χ3v) is 5.34. The summed E-state index contributed by atoms with van der Waals surface area (Å²) < 4.78 is 6.81. The summed E-state index contributed by atoms with van der Waals surface area (Å²) in [5, 5.41) is 0. The van der Waals surface area contributed by atoms with Crippen molar-refractivity contribution in [3.63, 3.8) is 0 Å². The Labute approximate surface area is 177 Å². The molecule has 0 radical (unpaired) electrons. The largest absolute Gasteiger partial charge is 1.00 e. The second-order valence-corrected chi connectivity index (χ2v) is 7.37. The van der Waals surface area contributed by atoms with Crippen LogP contribution in [-0.4, -0.2) is 59.1 Å². The van der Waals surface area contributed by atoms with Crippen LogP contribution >= 0.6 is 0 Å². The zero-order valence-corrected chi connectivity index (χ0v) is 17.9. The maximum Gasteiger partial charge on any atom is 0.369 e. The number of nitrogens with zero attached hydrogens (tertiary/aromatic N) is 6. The molecule has 2 unspecified atom stereocenters. The first-order valence-corrected chi connectivity index (χ1v) is 8.95. The van der Waals surface area contributed by atoms with E-state index < -0.39 is 0 Å². The second kappa shape index (κ2) is 7.18. The predicted octanol–water partition coefficient (Wildman–Crippen LogP) is -4.52. The number of rotatable bonds is 1. The fourth-order valence-electron chi connectivity index (χ4n) is 4.49. The average Bonchev–Trinajstić information content (AvgIpc) is 3.14. The van der Waals surface area contributed by atoms with Gasteiger partial charge < -0.3 is 24.8 Å². The second-order valence-electron chi connectivity index (χ2n) is 7.37. The van der Waals surface area contributed by atoms with E-state index in [1.165, 1.54) is 17.2 Å². The van der Waals surface area contributed by atoms with Crippen LogP contribution in [0, 0.1) is 0 Å². The summed E-state index contributed by atoms with van der Waals surface area (Å²) in [6.07, 6.45) is 15.3. The van der Waals surface area contributed by atoms with Crippen molar-refractivity contribution in [1.82, 2.24) is 14.4 Å².